The van der Waals surface area contributed by atoms with Gasteiger partial charge in [0.05, 0.1) is 36.8 Å². The number of nitrogens with one attached hydrogen (secondary N) is 2. The molecule has 2 aromatic heterocycles. The van der Waals surface area contributed by atoms with Gasteiger partial charge in [0, 0.05) is 18.3 Å². The smallest absolute Gasteiger partial charge is 0.191 e. The zero-order valence-corrected chi connectivity index (χ0v) is 21.8. The Kier molecular flexibility index (Phi) is 7.73. The van der Waals surface area contributed by atoms with Gasteiger partial charge in [-0.3, -0.25) is 4.68 Å². The molecule has 11 heteroatoms. The number of hydrogen-bond acceptors (Lipinski definition) is 8. The maximum absolute atomic E-state index is 12.4. The van der Waals surface area contributed by atoms with Crippen molar-refractivity contribution < 1.29 is 18.2 Å². The molecule has 0 aliphatic heterocycles. The van der Waals surface area contributed by atoms with Crippen molar-refractivity contribution in [2.24, 2.45) is 0 Å². The van der Waals surface area contributed by atoms with Gasteiger partial charge in [-0.1, -0.05) is 35.5 Å². The number of ether oxygens (including phenoxy) is 2. The molecule has 0 radical (unpaired) electrons. The van der Waals surface area contributed by atoms with E-state index in [-0.39, 0.29) is 0 Å². The molecule has 0 amide bonds. The Hall–Kier alpha value is -3.80. The van der Waals surface area contributed by atoms with Crippen molar-refractivity contribution in [3.63, 3.8) is 0 Å². The number of fused-ring (bicyclic) bond motifs is 1. The van der Waals surface area contributed by atoms with Gasteiger partial charge in [-0.15, -0.1) is 0 Å². The van der Waals surface area contributed by atoms with Gasteiger partial charge in [-0.05, 0) is 53.9 Å². The minimum atomic E-state index is -1.28. The first-order chi connectivity index (χ1) is 18.1. The zero-order chi connectivity index (χ0) is 25.6. The molecule has 0 spiro atoms. The average molecular weight is 536 g/mol. The molecule has 0 saturated heterocycles. The van der Waals surface area contributed by atoms with E-state index in [2.05, 4.69) is 19.7 Å². The van der Waals surface area contributed by atoms with E-state index in [1.54, 1.807) is 20.4 Å². The number of anilines is 1. The van der Waals surface area contributed by atoms with Crippen molar-refractivity contribution in [3.05, 3.63) is 90.3 Å². The molecule has 0 aliphatic rings. The normalized spacial score (nSPS) is 11.9. The molecule has 37 heavy (non-hydrogen) atoms. The van der Waals surface area contributed by atoms with Crippen LogP contribution in [0.15, 0.2) is 93.4 Å². The van der Waals surface area contributed by atoms with E-state index in [9.17, 15) is 4.21 Å². The lowest BCUT2D eigenvalue weighted by Gasteiger charge is -2.09. The number of nitrogens with zero attached hydrogens (tertiary/aromatic N) is 3. The average Bonchev–Trinajstić information content (AvgIpc) is 3.57. The maximum Gasteiger partial charge on any atom is 0.191 e. The lowest BCUT2D eigenvalue weighted by atomic mass is 10.1. The fraction of sp³-hybridized carbons (Fsp3) is 0.154. The van der Waals surface area contributed by atoms with Crippen molar-refractivity contribution in [1.82, 2.24) is 19.7 Å². The second-order valence-electron chi connectivity index (χ2n) is 8.01. The summed E-state index contributed by atoms with van der Waals surface area (Å²) in [5.41, 5.74) is 2.47. The highest BCUT2D eigenvalue weighted by atomic mass is 32.2. The molecule has 190 valence electrons. The van der Waals surface area contributed by atoms with Crippen molar-refractivity contribution >= 4 is 39.7 Å². The summed E-state index contributed by atoms with van der Waals surface area (Å²) >= 11 is 1.38. The monoisotopic (exact) mass is 535 g/mol. The second kappa shape index (κ2) is 11.5. The molecule has 9 nitrogen and oxygen atoms in total. The summed E-state index contributed by atoms with van der Waals surface area (Å²) in [7, 11) is 1.97. The van der Waals surface area contributed by atoms with Gasteiger partial charge < -0.3 is 18.7 Å². The Morgan fingerprint density at radius 1 is 1.00 bits per heavy atom. The Bertz CT molecular complexity index is 1520. The van der Waals surface area contributed by atoms with Crippen molar-refractivity contribution in [1.29, 1.82) is 0 Å². The summed E-state index contributed by atoms with van der Waals surface area (Å²) < 4.78 is 37.2. The summed E-state index contributed by atoms with van der Waals surface area (Å²) in [4.78, 5) is 1.66. The van der Waals surface area contributed by atoms with E-state index in [4.69, 9.17) is 14.0 Å². The van der Waals surface area contributed by atoms with Crippen LogP contribution < -0.4 is 18.9 Å². The summed E-state index contributed by atoms with van der Waals surface area (Å²) in [6.07, 6.45) is 3.68. The molecule has 1 unspecified atom stereocenters. The Morgan fingerprint density at radius 2 is 1.78 bits per heavy atom. The van der Waals surface area contributed by atoms with Gasteiger partial charge in [-0.2, -0.15) is 5.10 Å². The summed E-state index contributed by atoms with van der Waals surface area (Å²) in [5.74, 6) is 1.97. The van der Waals surface area contributed by atoms with Crippen LogP contribution in [-0.4, -0.2) is 33.4 Å². The van der Waals surface area contributed by atoms with Crippen molar-refractivity contribution in [3.8, 4) is 11.5 Å². The van der Waals surface area contributed by atoms with Crippen LogP contribution in [0.1, 0.15) is 11.1 Å². The fourth-order valence-corrected chi connectivity index (χ4v) is 5.38. The zero-order valence-electron chi connectivity index (χ0n) is 20.2. The highest BCUT2D eigenvalue weighted by Gasteiger charge is 2.17. The molecule has 2 heterocycles. The first-order valence-electron chi connectivity index (χ1n) is 11.4. The van der Waals surface area contributed by atoms with Crippen LogP contribution >= 0.6 is 11.9 Å². The summed E-state index contributed by atoms with van der Waals surface area (Å²) in [6.45, 7) is 0.943. The molecule has 3 aromatic carbocycles. The number of aromatic nitrogens is 3. The molecular formula is C26H25N5O4S2. The SMILES string of the molecule is COc1ccccc1SNc1noc2cc(Cn3cc(CNS(=O)c4ccccc4)cn3)cc(OC)c12. The van der Waals surface area contributed by atoms with Gasteiger partial charge in [0.1, 0.15) is 27.9 Å². The van der Waals surface area contributed by atoms with E-state index in [1.807, 2.05) is 77.6 Å². The molecule has 0 bridgehead atoms. The second-order valence-corrected chi connectivity index (χ2v) is 10.2. The first-order valence-corrected chi connectivity index (χ1v) is 13.3. The fourth-order valence-electron chi connectivity index (χ4n) is 3.77. The predicted octanol–water partition coefficient (Wildman–Crippen LogP) is 5.02. The van der Waals surface area contributed by atoms with Crippen LogP contribution in [0.4, 0.5) is 5.82 Å². The Morgan fingerprint density at radius 3 is 2.59 bits per heavy atom. The molecule has 0 aliphatic carbocycles. The number of para-hydroxylation sites is 1. The number of hydrogen-bond donors (Lipinski definition) is 2. The maximum atomic E-state index is 12.4. The molecule has 2 N–H and O–H groups in total. The third-order valence-electron chi connectivity index (χ3n) is 5.54. The first kappa shape index (κ1) is 24.9. The minimum absolute atomic E-state index is 0.435. The van der Waals surface area contributed by atoms with Crippen molar-refractivity contribution in [2.75, 3.05) is 18.9 Å². The standard InChI is InChI=1S/C26H25N5O4S2/c1-33-21-10-6-7-11-24(21)36-30-26-25-22(34-2)12-18(13-23(25)35-29-26)16-31-17-19(14-27-31)15-28-37(32)20-8-4-3-5-9-20/h3-14,17,28H,15-16H2,1-2H3,(H,29,30). The van der Waals surface area contributed by atoms with Gasteiger partial charge in [-0.25, -0.2) is 8.93 Å². The third kappa shape index (κ3) is 5.79. The highest BCUT2D eigenvalue weighted by molar-refractivity contribution is 8.00. The van der Waals surface area contributed by atoms with Crippen LogP contribution in [0.2, 0.25) is 0 Å². The third-order valence-corrected chi connectivity index (χ3v) is 7.50. The van der Waals surface area contributed by atoms with Crippen molar-refractivity contribution in [2.45, 2.75) is 22.9 Å². The number of benzene rings is 3. The molecule has 5 aromatic rings. The van der Waals surface area contributed by atoms with Crippen LogP contribution in [0, 0.1) is 0 Å². The van der Waals surface area contributed by atoms with E-state index >= 15 is 0 Å². The van der Waals surface area contributed by atoms with Gasteiger partial charge >= 0.3 is 0 Å². The minimum Gasteiger partial charge on any atom is -0.496 e. The lowest BCUT2D eigenvalue weighted by Crippen LogP contribution is -2.16. The Labute approximate surface area is 220 Å². The molecular weight excluding hydrogens is 510 g/mol. The van der Waals surface area contributed by atoms with Gasteiger partial charge in [0.2, 0.25) is 0 Å². The largest absolute Gasteiger partial charge is 0.496 e. The highest BCUT2D eigenvalue weighted by Crippen LogP contribution is 2.37. The van der Waals surface area contributed by atoms with E-state index < -0.39 is 11.0 Å². The van der Waals surface area contributed by atoms with Gasteiger partial charge in [0.25, 0.3) is 0 Å². The van der Waals surface area contributed by atoms with E-state index in [1.165, 1.54) is 11.9 Å². The number of methoxy groups -OCH3 is 2. The molecule has 1 atom stereocenters. The van der Waals surface area contributed by atoms with E-state index in [0.29, 0.717) is 30.2 Å². The van der Waals surface area contributed by atoms with Crippen LogP contribution in [0.3, 0.4) is 0 Å². The summed E-state index contributed by atoms with van der Waals surface area (Å²) in [6, 6.07) is 20.9. The van der Waals surface area contributed by atoms with Crippen LogP contribution in [-0.2, 0) is 24.1 Å². The summed E-state index contributed by atoms with van der Waals surface area (Å²) in [5, 5.41) is 9.40. The number of rotatable bonds is 11. The predicted molar refractivity (Wildman–Crippen MR) is 144 cm³/mol. The quantitative estimate of drug-likeness (QED) is 0.227. The van der Waals surface area contributed by atoms with E-state index in [0.717, 1.165) is 32.1 Å². The molecule has 0 saturated carbocycles. The topological polar surface area (TPSA) is 103 Å². The van der Waals surface area contributed by atoms with Crippen LogP contribution in [0.5, 0.6) is 11.5 Å². The Balaban J connectivity index is 1.27. The molecule has 0 fully saturated rings. The van der Waals surface area contributed by atoms with Crippen LogP contribution in [0.25, 0.3) is 11.0 Å². The lowest BCUT2D eigenvalue weighted by molar-refractivity contribution is 0.405. The van der Waals surface area contributed by atoms with Gasteiger partial charge in [0.15, 0.2) is 11.4 Å². The molecule has 5 rings (SSSR count).